The first-order chi connectivity index (χ1) is 10.3. The molecule has 3 N–H and O–H groups in total. The number of carboxylic acid groups (broad SMARTS) is 1. The van der Waals surface area contributed by atoms with Gasteiger partial charge in [-0.2, -0.15) is 0 Å². The van der Waals surface area contributed by atoms with E-state index >= 15 is 0 Å². The van der Waals surface area contributed by atoms with Crippen LogP contribution in [0.5, 0.6) is 0 Å². The number of carboxylic acids is 1. The maximum absolute atomic E-state index is 12.2. The number of β-lactam (4-membered cyclic amide) rings is 1. The fourth-order valence-corrected chi connectivity index (χ4v) is 4.93. The van der Waals surface area contributed by atoms with Gasteiger partial charge in [-0.05, 0) is 6.92 Å². The molecule has 0 aromatic heterocycles. The summed E-state index contributed by atoms with van der Waals surface area (Å²) in [7, 11) is 0. The first kappa shape index (κ1) is 15.4. The van der Waals surface area contributed by atoms with E-state index in [2.05, 4.69) is 5.32 Å². The average Bonchev–Trinajstić information content (AvgIpc) is 2.92. The summed E-state index contributed by atoms with van der Waals surface area (Å²) in [6.45, 7) is 3.94. The topological polar surface area (TPSA) is 107 Å². The molecule has 3 rings (SSSR count). The largest absolute Gasteiger partial charge is 0.477 e. The SMILES string of the molecule is CC1C(SC2CNC(=O)C2)=C(C(=O)O)N2C(=O)C([C@@H](C)O)[C@H]12. The summed E-state index contributed by atoms with van der Waals surface area (Å²) < 4.78 is 0. The summed E-state index contributed by atoms with van der Waals surface area (Å²) in [5.74, 6) is -2.20. The Morgan fingerprint density at radius 1 is 1.45 bits per heavy atom. The third-order valence-corrected chi connectivity index (χ3v) is 6.03. The van der Waals surface area contributed by atoms with Gasteiger partial charge in [-0.15, -0.1) is 11.8 Å². The van der Waals surface area contributed by atoms with Crippen LogP contribution >= 0.6 is 11.8 Å². The molecule has 3 aliphatic heterocycles. The zero-order chi connectivity index (χ0) is 16.2. The van der Waals surface area contributed by atoms with Gasteiger partial charge in [-0.3, -0.25) is 9.59 Å². The smallest absolute Gasteiger partial charge is 0.353 e. The number of nitrogens with one attached hydrogen (secondary N) is 1. The van der Waals surface area contributed by atoms with Crippen molar-refractivity contribution in [3.8, 4) is 0 Å². The Morgan fingerprint density at radius 3 is 2.64 bits per heavy atom. The van der Waals surface area contributed by atoms with E-state index in [0.717, 1.165) is 0 Å². The Hall–Kier alpha value is -1.54. The number of aliphatic carboxylic acids is 1. The highest BCUT2D eigenvalue weighted by atomic mass is 32.2. The number of fused-ring (bicyclic) bond motifs is 1. The van der Waals surface area contributed by atoms with Gasteiger partial charge in [0.2, 0.25) is 11.8 Å². The standard InChI is InChI=1S/C14H18N2O5S/c1-5-10-9(6(2)17)13(19)16(10)11(14(20)21)12(5)22-7-3-8(18)15-4-7/h5-7,9-10,17H,3-4H2,1-2H3,(H,15,18)(H,20,21)/t5?,6-,7?,9?,10+/m1/s1. The molecular formula is C14H18N2O5S. The predicted octanol–water partition coefficient (Wildman–Crippen LogP) is -0.238. The van der Waals surface area contributed by atoms with Crippen molar-refractivity contribution in [2.45, 2.75) is 37.7 Å². The van der Waals surface area contributed by atoms with E-state index in [1.54, 1.807) is 6.92 Å². The number of hydrogen-bond acceptors (Lipinski definition) is 5. The molecule has 120 valence electrons. The molecule has 0 aliphatic carbocycles. The highest BCUT2D eigenvalue weighted by Crippen LogP contribution is 2.51. The van der Waals surface area contributed by atoms with Crippen LogP contribution in [0.2, 0.25) is 0 Å². The van der Waals surface area contributed by atoms with Crippen LogP contribution in [-0.4, -0.2) is 56.8 Å². The molecule has 5 atom stereocenters. The highest BCUT2D eigenvalue weighted by Gasteiger charge is 2.60. The van der Waals surface area contributed by atoms with Crippen LogP contribution in [0.25, 0.3) is 0 Å². The van der Waals surface area contributed by atoms with E-state index in [4.69, 9.17) is 0 Å². The minimum absolute atomic E-state index is 0.0156. The summed E-state index contributed by atoms with van der Waals surface area (Å²) in [4.78, 5) is 37.0. The van der Waals surface area contributed by atoms with Crippen molar-refractivity contribution in [2.75, 3.05) is 6.54 Å². The number of nitrogens with zero attached hydrogens (tertiary/aromatic N) is 1. The molecule has 0 aromatic rings. The van der Waals surface area contributed by atoms with Crippen LogP contribution < -0.4 is 5.32 Å². The van der Waals surface area contributed by atoms with Gasteiger partial charge in [0.15, 0.2) is 0 Å². The average molecular weight is 326 g/mol. The lowest BCUT2D eigenvalue weighted by molar-refractivity contribution is -0.163. The maximum atomic E-state index is 12.2. The summed E-state index contributed by atoms with van der Waals surface area (Å²) in [5.41, 5.74) is 0.0174. The Morgan fingerprint density at radius 2 is 2.14 bits per heavy atom. The molecule has 0 saturated carbocycles. The van der Waals surface area contributed by atoms with Crippen LogP contribution in [0.3, 0.4) is 0 Å². The predicted molar refractivity (Wildman–Crippen MR) is 78.6 cm³/mol. The molecule has 2 fully saturated rings. The zero-order valence-corrected chi connectivity index (χ0v) is 13.1. The van der Waals surface area contributed by atoms with Crippen LogP contribution in [0, 0.1) is 11.8 Å². The Balaban J connectivity index is 1.88. The van der Waals surface area contributed by atoms with E-state index < -0.39 is 18.0 Å². The van der Waals surface area contributed by atoms with Crippen molar-refractivity contribution < 1.29 is 24.6 Å². The van der Waals surface area contributed by atoms with Crippen molar-refractivity contribution in [3.63, 3.8) is 0 Å². The Labute approximate surface area is 131 Å². The lowest BCUT2D eigenvalue weighted by Crippen LogP contribution is -2.63. The van der Waals surface area contributed by atoms with Crippen LogP contribution in [0.1, 0.15) is 20.3 Å². The van der Waals surface area contributed by atoms with Gasteiger partial charge in [-0.25, -0.2) is 4.79 Å². The minimum atomic E-state index is -1.13. The first-order valence-electron chi connectivity index (χ1n) is 7.25. The molecule has 3 unspecified atom stereocenters. The Kier molecular flexibility index (Phi) is 3.68. The fourth-order valence-electron chi connectivity index (χ4n) is 3.52. The van der Waals surface area contributed by atoms with Crippen molar-refractivity contribution in [1.82, 2.24) is 10.2 Å². The molecule has 2 saturated heterocycles. The lowest BCUT2D eigenvalue weighted by atomic mass is 9.79. The third-order valence-electron chi connectivity index (χ3n) is 4.54. The van der Waals surface area contributed by atoms with E-state index in [1.165, 1.54) is 16.7 Å². The van der Waals surface area contributed by atoms with Crippen molar-refractivity contribution in [2.24, 2.45) is 11.8 Å². The van der Waals surface area contributed by atoms with Crippen molar-refractivity contribution in [1.29, 1.82) is 0 Å². The summed E-state index contributed by atoms with van der Waals surface area (Å²) in [6.07, 6.45) is -0.447. The number of amides is 2. The normalized spacial score (nSPS) is 35.3. The molecule has 2 amide bonds. The van der Waals surface area contributed by atoms with Gasteiger partial charge in [-0.1, -0.05) is 6.92 Å². The van der Waals surface area contributed by atoms with Gasteiger partial charge in [0, 0.05) is 29.0 Å². The van der Waals surface area contributed by atoms with Gasteiger partial charge in [0.05, 0.1) is 18.1 Å². The molecule has 22 heavy (non-hydrogen) atoms. The quantitative estimate of drug-likeness (QED) is 0.616. The van der Waals surface area contributed by atoms with Crippen LogP contribution in [0.15, 0.2) is 10.6 Å². The van der Waals surface area contributed by atoms with E-state index in [9.17, 15) is 24.6 Å². The van der Waals surface area contributed by atoms with E-state index in [-0.39, 0.29) is 34.7 Å². The van der Waals surface area contributed by atoms with E-state index in [0.29, 0.717) is 17.9 Å². The summed E-state index contributed by atoms with van der Waals surface area (Å²) >= 11 is 1.37. The number of rotatable bonds is 4. The van der Waals surface area contributed by atoms with Crippen molar-refractivity contribution in [3.05, 3.63) is 10.6 Å². The van der Waals surface area contributed by atoms with Crippen LogP contribution in [0.4, 0.5) is 0 Å². The maximum Gasteiger partial charge on any atom is 0.353 e. The monoisotopic (exact) mass is 326 g/mol. The van der Waals surface area contributed by atoms with Gasteiger partial charge in [0.1, 0.15) is 5.70 Å². The number of thioether (sulfide) groups is 1. The molecule has 7 nitrogen and oxygen atoms in total. The molecule has 0 bridgehead atoms. The number of carbonyl (C=O) groups excluding carboxylic acids is 2. The van der Waals surface area contributed by atoms with Gasteiger partial charge < -0.3 is 20.4 Å². The first-order valence-corrected chi connectivity index (χ1v) is 8.12. The lowest BCUT2D eigenvalue weighted by Gasteiger charge is -2.46. The molecule has 3 heterocycles. The molecule has 0 spiro atoms. The van der Waals surface area contributed by atoms with Gasteiger partial charge in [0.25, 0.3) is 0 Å². The number of aliphatic hydroxyl groups is 1. The third kappa shape index (κ3) is 2.13. The Bertz CT molecular complexity index is 588. The zero-order valence-electron chi connectivity index (χ0n) is 12.3. The highest BCUT2D eigenvalue weighted by molar-refractivity contribution is 8.03. The summed E-state index contributed by atoms with van der Waals surface area (Å²) in [5, 5.41) is 22.0. The van der Waals surface area contributed by atoms with Gasteiger partial charge >= 0.3 is 5.97 Å². The number of carbonyl (C=O) groups is 3. The molecule has 3 aliphatic rings. The molecule has 8 heteroatoms. The molecule has 0 radical (unpaired) electrons. The second kappa shape index (κ2) is 5.27. The van der Waals surface area contributed by atoms with Crippen LogP contribution in [-0.2, 0) is 14.4 Å². The molecule has 0 aromatic carbocycles. The fraction of sp³-hybridized carbons (Fsp3) is 0.643. The second-order valence-corrected chi connectivity index (χ2v) is 7.36. The van der Waals surface area contributed by atoms with Crippen molar-refractivity contribution >= 4 is 29.5 Å². The summed E-state index contributed by atoms with van der Waals surface area (Å²) in [6, 6.07) is -0.300. The molecular weight excluding hydrogens is 308 g/mol. The number of hydrogen-bond donors (Lipinski definition) is 3. The second-order valence-electron chi connectivity index (χ2n) is 6.02. The van der Waals surface area contributed by atoms with E-state index in [1.807, 2.05) is 6.92 Å². The minimum Gasteiger partial charge on any atom is -0.477 e. The number of aliphatic hydroxyl groups excluding tert-OH is 1.